The van der Waals surface area contributed by atoms with Crippen molar-refractivity contribution in [3.63, 3.8) is 0 Å². The van der Waals surface area contributed by atoms with Gasteiger partial charge in [-0.15, -0.1) is 11.6 Å². The number of halogens is 1. The van der Waals surface area contributed by atoms with Gasteiger partial charge >= 0.3 is 0 Å². The normalized spacial score (nSPS) is 13.0. The highest BCUT2D eigenvalue weighted by Gasteiger charge is 2.05. The number of ether oxygens (including phenoxy) is 1. The maximum atomic E-state index is 5.76. The Kier molecular flexibility index (Phi) is 12.5. The van der Waals surface area contributed by atoms with Crippen LogP contribution in [-0.4, -0.2) is 32.2 Å². The van der Waals surface area contributed by atoms with Crippen LogP contribution in [0.15, 0.2) is 0 Å². The predicted molar refractivity (Wildman–Crippen MR) is 67.7 cm³/mol. The van der Waals surface area contributed by atoms with Gasteiger partial charge in [-0.1, -0.05) is 20.3 Å². The molecule has 0 bridgehead atoms. The van der Waals surface area contributed by atoms with E-state index in [0.717, 1.165) is 50.9 Å². The smallest absolute Gasteiger partial charge is 0.0590 e. The molecule has 0 amide bonds. The van der Waals surface area contributed by atoms with Crippen molar-refractivity contribution in [2.75, 3.05) is 32.2 Å². The molecule has 0 fully saturated rings. The second-order valence-electron chi connectivity index (χ2n) is 3.95. The standard InChI is InChI=1S/C12H26ClNO/c1-3-5-12(6-7-13)11-14-8-10-15-9-4-2/h12,14H,3-11H2,1-2H3. The fourth-order valence-electron chi connectivity index (χ4n) is 1.61. The minimum atomic E-state index is 0.735. The zero-order valence-corrected chi connectivity index (χ0v) is 11.0. The van der Waals surface area contributed by atoms with Crippen LogP contribution in [0.1, 0.15) is 39.5 Å². The molecule has 0 aromatic carbocycles. The molecule has 1 N–H and O–H groups in total. The Morgan fingerprint density at radius 3 is 2.53 bits per heavy atom. The lowest BCUT2D eigenvalue weighted by Crippen LogP contribution is -2.26. The molecule has 0 aliphatic rings. The quantitative estimate of drug-likeness (QED) is 0.439. The van der Waals surface area contributed by atoms with Crippen LogP contribution in [0, 0.1) is 5.92 Å². The first-order valence-corrected chi connectivity index (χ1v) is 6.73. The summed E-state index contributed by atoms with van der Waals surface area (Å²) in [4.78, 5) is 0. The van der Waals surface area contributed by atoms with Crippen LogP contribution in [0.25, 0.3) is 0 Å². The minimum Gasteiger partial charge on any atom is -0.380 e. The van der Waals surface area contributed by atoms with Gasteiger partial charge < -0.3 is 10.1 Å². The lowest BCUT2D eigenvalue weighted by Gasteiger charge is -2.15. The second kappa shape index (κ2) is 12.3. The van der Waals surface area contributed by atoms with Gasteiger partial charge in [0.1, 0.15) is 0 Å². The summed E-state index contributed by atoms with van der Waals surface area (Å²) in [6.45, 7) is 8.10. The van der Waals surface area contributed by atoms with Gasteiger partial charge in [0, 0.05) is 19.0 Å². The van der Waals surface area contributed by atoms with Crippen LogP contribution in [0.4, 0.5) is 0 Å². The number of hydrogen-bond donors (Lipinski definition) is 1. The van der Waals surface area contributed by atoms with Gasteiger partial charge in [0.2, 0.25) is 0 Å². The summed E-state index contributed by atoms with van der Waals surface area (Å²) in [7, 11) is 0. The average molecular weight is 236 g/mol. The highest BCUT2D eigenvalue weighted by Crippen LogP contribution is 2.10. The first-order valence-electron chi connectivity index (χ1n) is 6.19. The number of rotatable bonds is 11. The van der Waals surface area contributed by atoms with Crippen LogP contribution in [0.3, 0.4) is 0 Å². The van der Waals surface area contributed by atoms with Crippen molar-refractivity contribution in [2.45, 2.75) is 39.5 Å². The Balaban J connectivity index is 3.28. The molecule has 0 aliphatic heterocycles. The monoisotopic (exact) mass is 235 g/mol. The highest BCUT2D eigenvalue weighted by molar-refractivity contribution is 6.17. The van der Waals surface area contributed by atoms with Crippen molar-refractivity contribution >= 4 is 11.6 Å². The van der Waals surface area contributed by atoms with Crippen molar-refractivity contribution in [3.8, 4) is 0 Å². The first kappa shape index (κ1) is 15.2. The molecule has 0 saturated heterocycles. The van der Waals surface area contributed by atoms with Crippen molar-refractivity contribution in [1.82, 2.24) is 5.32 Å². The van der Waals surface area contributed by atoms with Crippen molar-refractivity contribution < 1.29 is 4.74 Å². The van der Waals surface area contributed by atoms with Crippen molar-refractivity contribution in [2.24, 2.45) is 5.92 Å². The molecule has 3 heteroatoms. The zero-order valence-electron chi connectivity index (χ0n) is 10.2. The van der Waals surface area contributed by atoms with Gasteiger partial charge in [-0.25, -0.2) is 0 Å². The summed E-state index contributed by atoms with van der Waals surface area (Å²) < 4.78 is 5.40. The lowest BCUT2D eigenvalue weighted by atomic mass is 10.0. The minimum absolute atomic E-state index is 0.735. The highest BCUT2D eigenvalue weighted by atomic mass is 35.5. The summed E-state index contributed by atoms with van der Waals surface area (Å²) in [6, 6.07) is 0. The molecule has 0 aromatic heterocycles. The summed E-state index contributed by atoms with van der Waals surface area (Å²) >= 11 is 5.76. The van der Waals surface area contributed by atoms with E-state index in [9.17, 15) is 0 Å². The number of nitrogens with one attached hydrogen (secondary N) is 1. The Labute approximate surface area is 99.7 Å². The average Bonchev–Trinajstić information content (AvgIpc) is 2.24. The number of alkyl halides is 1. The molecule has 92 valence electrons. The fourth-order valence-corrected chi connectivity index (χ4v) is 1.92. The van der Waals surface area contributed by atoms with Crippen LogP contribution in [-0.2, 0) is 4.74 Å². The van der Waals surface area contributed by atoms with Crippen molar-refractivity contribution in [1.29, 1.82) is 0 Å². The summed E-state index contributed by atoms with van der Waals surface area (Å²) in [5, 5.41) is 3.43. The molecular formula is C12H26ClNO. The Morgan fingerprint density at radius 2 is 1.93 bits per heavy atom. The molecule has 0 rings (SSSR count). The third-order valence-electron chi connectivity index (χ3n) is 2.42. The van der Waals surface area contributed by atoms with E-state index in [1.54, 1.807) is 0 Å². The van der Waals surface area contributed by atoms with Crippen LogP contribution in [0.5, 0.6) is 0 Å². The van der Waals surface area contributed by atoms with E-state index in [1.165, 1.54) is 12.8 Å². The van der Waals surface area contributed by atoms with E-state index in [2.05, 4.69) is 19.2 Å². The van der Waals surface area contributed by atoms with Gasteiger partial charge in [-0.3, -0.25) is 0 Å². The topological polar surface area (TPSA) is 21.3 Å². The molecule has 0 saturated carbocycles. The molecule has 2 nitrogen and oxygen atoms in total. The van der Waals surface area contributed by atoms with Gasteiger partial charge in [0.25, 0.3) is 0 Å². The van der Waals surface area contributed by atoms with Crippen LogP contribution < -0.4 is 5.32 Å². The third-order valence-corrected chi connectivity index (χ3v) is 2.64. The van der Waals surface area contributed by atoms with Crippen LogP contribution >= 0.6 is 11.6 Å². The fraction of sp³-hybridized carbons (Fsp3) is 1.00. The predicted octanol–water partition coefficient (Wildman–Crippen LogP) is 3.05. The van der Waals surface area contributed by atoms with Gasteiger partial charge in [-0.05, 0) is 31.7 Å². The Morgan fingerprint density at radius 1 is 1.13 bits per heavy atom. The van der Waals surface area contributed by atoms with Crippen molar-refractivity contribution in [3.05, 3.63) is 0 Å². The Hall–Kier alpha value is 0.210. The van der Waals surface area contributed by atoms with E-state index in [1.807, 2.05) is 0 Å². The SMILES string of the molecule is CCCOCCNCC(CCC)CCCl. The summed E-state index contributed by atoms with van der Waals surface area (Å²) in [5.41, 5.74) is 0. The lowest BCUT2D eigenvalue weighted by molar-refractivity contribution is 0.135. The molecule has 0 radical (unpaired) electrons. The number of hydrogen-bond acceptors (Lipinski definition) is 2. The molecule has 0 aliphatic carbocycles. The molecule has 0 aromatic rings. The van der Waals surface area contributed by atoms with E-state index < -0.39 is 0 Å². The van der Waals surface area contributed by atoms with Crippen LogP contribution in [0.2, 0.25) is 0 Å². The molecule has 1 atom stereocenters. The van der Waals surface area contributed by atoms with Gasteiger partial charge in [0.15, 0.2) is 0 Å². The molecule has 1 unspecified atom stereocenters. The van der Waals surface area contributed by atoms with E-state index in [0.29, 0.717) is 0 Å². The maximum absolute atomic E-state index is 5.76. The molecule has 0 spiro atoms. The Bertz CT molecular complexity index is 116. The third kappa shape index (κ3) is 10.5. The zero-order chi connectivity index (χ0) is 11.4. The molecule has 0 heterocycles. The van der Waals surface area contributed by atoms with Gasteiger partial charge in [0.05, 0.1) is 6.61 Å². The van der Waals surface area contributed by atoms with E-state index >= 15 is 0 Å². The van der Waals surface area contributed by atoms with Gasteiger partial charge in [-0.2, -0.15) is 0 Å². The molecular weight excluding hydrogens is 210 g/mol. The first-order chi connectivity index (χ1) is 7.35. The molecule has 15 heavy (non-hydrogen) atoms. The van der Waals surface area contributed by atoms with E-state index in [4.69, 9.17) is 16.3 Å². The second-order valence-corrected chi connectivity index (χ2v) is 4.33. The van der Waals surface area contributed by atoms with E-state index in [-0.39, 0.29) is 0 Å². The largest absolute Gasteiger partial charge is 0.380 e. The summed E-state index contributed by atoms with van der Waals surface area (Å²) in [6.07, 6.45) is 4.74. The summed E-state index contributed by atoms with van der Waals surface area (Å²) in [5.74, 6) is 1.51. The maximum Gasteiger partial charge on any atom is 0.0590 e.